The monoisotopic (exact) mass is 329 g/mol. The van der Waals surface area contributed by atoms with Crippen molar-refractivity contribution in [3.63, 3.8) is 0 Å². The Kier molecular flexibility index (Phi) is 5.87. The summed E-state index contributed by atoms with van der Waals surface area (Å²) in [5.41, 5.74) is 1.07. The van der Waals surface area contributed by atoms with Gasteiger partial charge < -0.3 is 19.8 Å². The van der Waals surface area contributed by atoms with Crippen molar-refractivity contribution < 1.29 is 13.9 Å². The lowest BCUT2D eigenvalue weighted by molar-refractivity contribution is 0.0123. The van der Waals surface area contributed by atoms with Crippen molar-refractivity contribution in [3.05, 3.63) is 60.1 Å². The molecule has 6 heteroatoms. The average Bonchev–Trinajstić information content (AvgIpc) is 3.16. The Morgan fingerprint density at radius 1 is 1.08 bits per heavy atom. The normalized spacial score (nSPS) is 16.5. The summed E-state index contributed by atoms with van der Waals surface area (Å²) < 4.78 is 11.0. The highest BCUT2D eigenvalue weighted by atomic mass is 16.5. The van der Waals surface area contributed by atoms with E-state index in [0.29, 0.717) is 26.3 Å². The number of ether oxygens (including phenoxy) is 1. The summed E-state index contributed by atoms with van der Waals surface area (Å²) in [6.45, 7) is 4.08. The van der Waals surface area contributed by atoms with Gasteiger partial charge in [0.1, 0.15) is 5.76 Å². The van der Waals surface area contributed by atoms with E-state index in [0.717, 1.165) is 24.4 Å². The number of morpholine rings is 1. The third-order valence-corrected chi connectivity index (χ3v) is 4.11. The number of urea groups is 1. The summed E-state index contributed by atoms with van der Waals surface area (Å²) in [6, 6.07) is 13.5. The molecule has 1 atom stereocenters. The lowest BCUT2D eigenvalue weighted by Crippen LogP contribution is -2.45. The van der Waals surface area contributed by atoms with Crippen molar-refractivity contribution in [1.29, 1.82) is 0 Å². The lowest BCUT2D eigenvalue weighted by Gasteiger charge is -2.33. The first-order chi connectivity index (χ1) is 11.8. The maximum absolute atomic E-state index is 12.1. The topological polar surface area (TPSA) is 66.7 Å². The summed E-state index contributed by atoms with van der Waals surface area (Å²) >= 11 is 0. The van der Waals surface area contributed by atoms with Crippen LogP contribution < -0.4 is 10.6 Å². The Balaban J connectivity index is 1.52. The van der Waals surface area contributed by atoms with Crippen molar-refractivity contribution in [2.45, 2.75) is 12.6 Å². The van der Waals surface area contributed by atoms with E-state index in [1.54, 1.807) is 6.26 Å². The Bertz CT molecular complexity index is 610. The number of carbonyl (C=O) groups is 1. The minimum absolute atomic E-state index is 0.0198. The molecule has 1 saturated heterocycles. The van der Waals surface area contributed by atoms with Gasteiger partial charge in [0.25, 0.3) is 0 Å². The van der Waals surface area contributed by atoms with Crippen LogP contribution in [0, 0.1) is 0 Å². The number of furan rings is 1. The van der Waals surface area contributed by atoms with Crippen LogP contribution in [0.2, 0.25) is 0 Å². The first-order valence-corrected chi connectivity index (χ1v) is 8.24. The van der Waals surface area contributed by atoms with Gasteiger partial charge in [-0.2, -0.15) is 0 Å². The molecule has 2 N–H and O–H groups in total. The molecule has 0 spiro atoms. The number of hydrogen-bond donors (Lipinski definition) is 2. The predicted molar refractivity (Wildman–Crippen MR) is 90.5 cm³/mol. The van der Waals surface area contributed by atoms with Crippen molar-refractivity contribution in [2.24, 2.45) is 0 Å². The summed E-state index contributed by atoms with van der Waals surface area (Å²) in [5.74, 6) is 0.861. The van der Waals surface area contributed by atoms with Gasteiger partial charge in [-0.05, 0) is 17.7 Å². The minimum atomic E-state index is -0.177. The van der Waals surface area contributed by atoms with Crippen LogP contribution >= 0.6 is 0 Å². The molecule has 1 aromatic heterocycles. The predicted octanol–water partition coefficient (Wildman–Crippen LogP) is 2.15. The number of carbonyl (C=O) groups excluding carboxylic acids is 1. The number of rotatable bonds is 6. The van der Waals surface area contributed by atoms with E-state index in [9.17, 15) is 4.79 Å². The molecule has 1 aliphatic rings. The summed E-state index contributed by atoms with van der Waals surface area (Å²) in [6.07, 6.45) is 1.66. The van der Waals surface area contributed by atoms with Crippen LogP contribution in [-0.2, 0) is 11.3 Å². The zero-order valence-corrected chi connectivity index (χ0v) is 13.6. The van der Waals surface area contributed by atoms with Gasteiger partial charge in [-0.25, -0.2) is 4.79 Å². The van der Waals surface area contributed by atoms with Gasteiger partial charge in [0.15, 0.2) is 0 Å². The molecule has 128 valence electrons. The van der Waals surface area contributed by atoms with Crippen LogP contribution in [0.25, 0.3) is 0 Å². The van der Waals surface area contributed by atoms with Gasteiger partial charge in [-0.15, -0.1) is 0 Å². The van der Waals surface area contributed by atoms with Gasteiger partial charge in [0.2, 0.25) is 0 Å². The van der Waals surface area contributed by atoms with Gasteiger partial charge in [0.05, 0.1) is 25.5 Å². The van der Waals surface area contributed by atoms with Crippen molar-refractivity contribution in [2.75, 3.05) is 32.8 Å². The van der Waals surface area contributed by atoms with E-state index in [4.69, 9.17) is 9.15 Å². The SMILES string of the molecule is O=C(NCc1ccccc1)NC[C@@H](c1ccco1)N1CCOCC1. The summed E-state index contributed by atoms with van der Waals surface area (Å²) in [4.78, 5) is 14.4. The smallest absolute Gasteiger partial charge is 0.315 e. The number of hydrogen-bond acceptors (Lipinski definition) is 4. The fourth-order valence-corrected chi connectivity index (χ4v) is 2.81. The van der Waals surface area contributed by atoms with Crippen LogP contribution in [-0.4, -0.2) is 43.8 Å². The van der Waals surface area contributed by atoms with E-state index < -0.39 is 0 Å². The standard InChI is InChI=1S/C18H23N3O3/c22-18(19-13-15-5-2-1-3-6-15)20-14-16(17-7-4-10-24-17)21-8-11-23-12-9-21/h1-7,10,16H,8-9,11-14H2,(H2,19,20,22)/t16-/m0/s1. The van der Waals surface area contributed by atoms with Gasteiger partial charge >= 0.3 is 6.03 Å². The zero-order valence-electron chi connectivity index (χ0n) is 13.6. The zero-order chi connectivity index (χ0) is 16.6. The highest BCUT2D eigenvalue weighted by Crippen LogP contribution is 2.21. The third-order valence-electron chi connectivity index (χ3n) is 4.11. The van der Waals surface area contributed by atoms with E-state index in [1.165, 1.54) is 0 Å². The molecule has 0 unspecified atom stereocenters. The van der Waals surface area contributed by atoms with Crippen LogP contribution in [0.3, 0.4) is 0 Å². The molecular formula is C18H23N3O3. The van der Waals surface area contributed by atoms with Gasteiger partial charge in [-0.3, -0.25) is 4.90 Å². The lowest BCUT2D eigenvalue weighted by atomic mass is 10.1. The maximum atomic E-state index is 12.1. The molecule has 0 aliphatic carbocycles. The van der Waals surface area contributed by atoms with E-state index in [2.05, 4.69) is 15.5 Å². The van der Waals surface area contributed by atoms with Crippen molar-refractivity contribution in [1.82, 2.24) is 15.5 Å². The van der Waals surface area contributed by atoms with Gasteiger partial charge in [0, 0.05) is 26.2 Å². The first-order valence-electron chi connectivity index (χ1n) is 8.24. The molecule has 24 heavy (non-hydrogen) atoms. The Morgan fingerprint density at radius 2 is 1.88 bits per heavy atom. The maximum Gasteiger partial charge on any atom is 0.315 e. The third kappa shape index (κ3) is 4.59. The number of nitrogens with one attached hydrogen (secondary N) is 2. The molecule has 1 fully saturated rings. The first kappa shape index (κ1) is 16.5. The van der Waals surface area contributed by atoms with Crippen molar-refractivity contribution in [3.8, 4) is 0 Å². The quantitative estimate of drug-likeness (QED) is 0.852. The molecule has 0 radical (unpaired) electrons. The Hall–Kier alpha value is -2.31. The molecule has 2 heterocycles. The molecule has 0 bridgehead atoms. The molecule has 3 rings (SSSR count). The van der Waals surface area contributed by atoms with Crippen LogP contribution in [0.5, 0.6) is 0 Å². The summed E-state index contributed by atoms with van der Waals surface area (Å²) in [5, 5.41) is 5.82. The van der Waals surface area contributed by atoms with Gasteiger partial charge in [-0.1, -0.05) is 30.3 Å². The number of benzene rings is 1. The molecule has 2 aromatic rings. The van der Waals surface area contributed by atoms with Crippen LogP contribution in [0.1, 0.15) is 17.4 Å². The molecule has 1 aliphatic heterocycles. The van der Waals surface area contributed by atoms with E-state index >= 15 is 0 Å². The largest absolute Gasteiger partial charge is 0.468 e. The molecule has 6 nitrogen and oxygen atoms in total. The summed E-state index contributed by atoms with van der Waals surface area (Å²) in [7, 11) is 0. The molecular weight excluding hydrogens is 306 g/mol. The number of amides is 2. The second-order valence-corrected chi connectivity index (χ2v) is 5.73. The van der Waals surface area contributed by atoms with Crippen molar-refractivity contribution >= 4 is 6.03 Å². The highest BCUT2D eigenvalue weighted by molar-refractivity contribution is 5.73. The molecule has 2 amide bonds. The minimum Gasteiger partial charge on any atom is -0.468 e. The fraction of sp³-hybridized carbons (Fsp3) is 0.389. The second kappa shape index (κ2) is 8.52. The average molecular weight is 329 g/mol. The molecule has 0 saturated carbocycles. The van der Waals surface area contributed by atoms with E-state index in [-0.39, 0.29) is 12.1 Å². The van der Waals surface area contributed by atoms with Crippen LogP contribution in [0.4, 0.5) is 4.79 Å². The van der Waals surface area contributed by atoms with E-state index in [1.807, 2.05) is 42.5 Å². The Labute approximate surface area is 141 Å². The van der Waals surface area contributed by atoms with Crippen LogP contribution in [0.15, 0.2) is 53.1 Å². The highest BCUT2D eigenvalue weighted by Gasteiger charge is 2.25. The molecule has 1 aromatic carbocycles. The second-order valence-electron chi connectivity index (χ2n) is 5.73. The fourth-order valence-electron chi connectivity index (χ4n) is 2.81. The number of nitrogens with zero attached hydrogens (tertiary/aromatic N) is 1. The Morgan fingerprint density at radius 3 is 2.58 bits per heavy atom.